The Balaban J connectivity index is 2.54. The number of rotatable bonds is 7. The highest BCUT2D eigenvalue weighted by Gasteiger charge is 2.12. The smallest absolute Gasteiger partial charge is 0.336 e. The third kappa shape index (κ3) is 5.96. The van der Waals surface area contributed by atoms with Crippen LogP contribution >= 0.6 is 27.7 Å². The summed E-state index contributed by atoms with van der Waals surface area (Å²) in [5.41, 5.74) is 0.216. The predicted octanol–water partition coefficient (Wildman–Crippen LogP) is 3.40. The van der Waals surface area contributed by atoms with E-state index >= 15 is 0 Å². The van der Waals surface area contributed by atoms with Crippen molar-refractivity contribution in [1.82, 2.24) is 5.32 Å². The van der Waals surface area contributed by atoms with Gasteiger partial charge in [-0.1, -0.05) is 29.8 Å². The van der Waals surface area contributed by atoms with E-state index in [0.29, 0.717) is 17.4 Å². The van der Waals surface area contributed by atoms with Crippen molar-refractivity contribution in [1.29, 1.82) is 0 Å². The molecule has 0 fully saturated rings. The Hall–Kier alpha value is -1.01. The molecule has 0 bridgehead atoms. The van der Waals surface area contributed by atoms with Gasteiger partial charge in [0.15, 0.2) is 0 Å². The van der Waals surface area contributed by atoms with Crippen LogP contribution in [-0.4, -0.2) is 29.3 Å². The molecule has 0 aliphatic carbocycles. The maximum absolute atomic E-state index is 11.7. The van der Waals surface area contributed by atoms with Crippen molar-refractivity contribution in [2.75, 3.05) is 12.3 Å². The quantitative estimate of drug-likeness (QED) is 0.732. The molecule has 0 unspecified atom stereocenters. The van der Waals surface area contributed by atoms with Gasteiger partial charge in [-0.05, 0) is 30.5 Å². The zero-order chi connectivity index (χ0) is 15.1. The van der Waals surface area contributed by atoms with Crippen LogP contribution in [0.15, 0.2) is 27.6 Å². The van der Waals surface area contributed by atoms with Gasteiger partial charge < -0.3 is 10.4 Å². The van der Waals surface area contributed by atoms with Gasteiger partial charge in [0.1, 0.15) is 0 Å². The molecular weight excluding hydrogens is 342 g/mol. The summed E-state index contributed by atoms with van der Waals surface area (Å²) in [6.45, 7) is 4.85. The monoisotopic (exact) mass is 359 g/mol. The fraction of sp³-hybridized carbons (Fsp3) is 0.429. The van der Waals surface area contributed by atoms with Gasteiger partial charge >= 0.3 is 5.97 Å². The van der Waals surface area contributed by atoms with E-state index in [2.05, 4.69) is 35.1 Å². The second kappa shape index (κ2) is 8.32. The van der Waals surface area contributed by atoms with Gasteiger partial charge in [-0.15, -0.1) is 11.8 Å². The number of amides is 1. The minimum absolute atomic E-state index is 0.0769. The Morgan fingerprint density at radius 2 is 2.10 bits per heavy atom. The minimum Gasteiger partial charge on any atom is -0.478 e. The van der Waals surface area contributed by atoms with Crippen molar-refractivity contribution >= 4 is 39.6 Å². The Labute approximate surface area is 131 Å². The van der Waals surface area contributed by atoms with Crippen molar-refractivity contribution in [3.05, 3.63) is 28.2 Å². The lowest BCUT2D eigenvalue weighted by molar-refractivity contribution is -0.118. The number of carbonyl (C=O) groups is 2. The van der Waals surface area contributed by atoms with E-state index in [-0.39, 0.29) is 17.2 Å². The van der Waals surface area contributed by atoms with Crippen LogP contribution in [0.5, 0.6) is 0 Å². The summed E-state index contributed by atoms with van der Waals surface area (Å²) >= 11 is 4.54. The van der Waals surface area contributed by atoms with Crippen molar-refractivity contribution in [2.24, 2.45) is 5.92 Å². The molecule has 1 amide bonds. The molecule has 0 spiro atoms. The maximum atomic E-state index is 11.7. The van der Waals surface area contributed by atoms with Crippen molar-refractivity contribution < 1.29 is 14.7 Å². The summed E-state index contributed by atoms with van der Waals surface area (Å²) in [6, 6.07) is 4.93. The zero-order valence-electron chi connectivity index (χ0n) is 11.5. The van der Waals surface area contributed by atoms with E-state index in [0.717, 1.165) is 10.9 Å². The predicted molar refractivity (Wildman–Crippen MR) is 84.3 cm³/mol. The molecule has 0 heterocycles. The average molecular weight is 360 g/mol. The summed E-state index contributed by atoms with van der Waals surface area (Å²) in [5.74, 6) is -0.298. The molecule has 0 radical (unpaired) electrons. The van der Waals surface area contributed by atoms with Gasteiger partial charge in [0, 0.05) is 15.9 Å². The normalized spacial score (nSPS) is 10.6. The first-order valence-corrected chi connectivity index (χ1v) is 8.10. The lowest BCUT2D eigenvalue weighted by atomic mass is 10.1. The molecule has 2 N–H and O–H groups in total. The molecule has 0 atom stereocenters. The number of hydrogen-bond donors (Lipinski definition) is 2. The number of hydrogen-bond acceptors (Lipinski definition) is 3. The number of thioether (sulfide) groups is 1. The molecule has 0 saturated carbocycles. The molecule has 0 aliphatic heterocycles. The molecule has 0 aromatic heterocycles. The van der Waals surface area contributed by atoms with Crippen LogP contribution in [0.4, 0.5) is 0 Å². The molecule has 4 nitrogen and oxygen atoms in total. The van der Waals surface area contributed by atoms with Crippen LogP contribution in [-0.2, 0) is 4.79 Å². The summed E-state index contributed by atoms with van der Waals surface area (Å²) in [6.07, 6.45) is 0.938. The molecule has 1 rings (SSSR count). The Morgan fingerprint density at radius 3 is 2.70 bits per heavy atom. The second-order valence-electron chi connectivity index (χ2n) is 4.77. The first-order valence-electron chi connectivity index (χ1n) is 6.32. The summed E-state index contributed by atoms with van der Waals surface area (Å²) < 4.78 is 0.796. The zero-order valence-corrected chi connectivity index (χ0v) is 13.9. The highest BCUT2D eigenvalue weighted by Crippen LogP contribution is 2.26. The number of aromatic carboxylic acids is 1. The van der Waals surface area contributed by atoms with Crippen LogP contribution in [0, 0.1) is 5.92 Å². The van der Waals surface area contributed by atoms with Crippen LogP contribution in [0.25, 0.3) is 0 Å². The van der Waals surface area contributed by atoms with Gasteiger partial charge in [0.25, 0.3) is 0 Å². The lowest BCUT2D eigenvalue weighted by Crippen LogP contribution is -2.27. The third-order valence-corrected chi connectivity index (χ3v) is 4.13. The number of benzene rings is 1. The number of carboxylic acid groups (broad SMARTS) is 1. The first-order chi connectivity index (χ1) is 9.40. The number of carbonyl (C=O) groups excluding carboxylic acids is 1. The second-order valence-corrected chi connectivity index (χ2v) is 6.70. The van der Waals surface area contributed by atoms with E-state index < -0.39 is 5.97 Å². The molecule has 6 heteroatoms. The van der Waals surface area contributed by atoms with Crippen LogP contribution in [0.2, 0.25) is 0 Å². The SMILES string of the molecule is CC(C)CCNC(=O)CSc1cc(Br)ccc1C(=O)O. The third-order valence-electron chi connectivity index (χ3n) is 2.58. The molecule has 0 aliphatic rings. The summed E-state index contributed by atoms with van der Waals surface area (Å²) in [7, 11) is 0. The highest BCUT2D eigenvalue weighted by atomic mass is 79.9. The fourth-order valence-electron chi connectivity index (χ4n) is 1.49. The average Bonchev–Trinajstić information content (AvgIpc) is 2.35. The number of nitrogens with one attached hydrogen (secondary N) is 1. The maximum Gasteiger partial charge on any atom is 0.336 e. The lowest BCUT2D eigenvalue weighted by Gasteiger charge is -2.08. The molecule has 20 heavy (non-hydrogen) atoms. The Morgan fingerprint density at radius 1 is 1.40 bits per heavy atom. The highest BCUT2D eigenvalue weighted by molar-refractivity contribution is 9.10. The van der Waals surface area contributed by atoms with E-state index in [4.69, 9.17) is 5.11 Å². The van der Waals surface area contributed by atoms with Crippen LogP contribution < -0.4 is 5.32 Å². The fourth-order valence-corrected chi connectivity index (χ4v) is 2.91. The Bertz CT molecular complexity index is 491. The minimum atomic E-state index is -0.986. The van der Waals surface area contributed by atoms with Gasteiger partial charge in [-0.2, -0.15) is 0 Å². The van der Waals surface area contributed by atoms with Crippen molar-refractivity contribution in [3.8, 4) is 0 Å². The number of carboxylic acids is 1. The van der Waals surface area contributed by atoms with Gasteiger partial charge in [0.2, 0.25) is 5.91 Å². The molecular formula is C14H18BrNO3S. The first kappa shape index (κ1) is 17.0. The van der Waals surface area contributed by atoms with Crippen LogP contribution in [0.1, 0.15) is 30.6 Å². The molecule has 110 valence electrons. The van der Waals surface area contributed by atoms with E-state index in [1.165, 1.54) is 17.8 Å². The van der Waals surface area contributed by atoms with Crippen molar-refractivity contribution in [3.63, 3.8) is 0 Å². The molecule has 1 aromatic carbocycles. The van der Waals surface area contributed by atoms with E-state index in [9.17, 15) is 9.59 Å². The van der Waals surface area contributed by atoms with Crippen molar-refractivity contribution in [2.45, 2.75) is 25.2 Å². The Kier molecular flexibility index (Phi) is 7.09. The molecule has 1 aromatic rings. The topological polar surface area (TPSA) is 66.4 Å². The van der Waals surface area contributed by atoms with Gasteiger partial charge in [-0.3, -0.25) is 4.79 Å². The van der Waals surface area contributed by atoms with E-state index in [1.807, 2.05) is 0 Å². The standard InChI is InChI=1S/C14H18BrNO3S/c1-9(2)5-6-16-13(17)8-20-12-7-10(15)3-4-11(12)14(18)19/h3-4,7,9H,5-6,8H2,1-2H3,(H,16,17)(H,18,19). The largest absolute Gasteiger partial charge is 0.478 e. The molecule has 0 saturated heterocycles. The summed E-state index contributed by atoms with van der Waals surface area (Å²) in [4.78, 5) is 23.4. The van der Waals surface area contributed by atoms with Gasteiger partial charge in [0.05, 0.1) is 11.3 Å². The number of halogens is 1. The van der Waals surface area contributed by atoms with Crippen LogP contribution in [0.3, 0.4) is 0 Å². The van der Waals surface area contributed by atoms with E-state index in [1.54, 1.807) is 12.1 Å². The summed E-state index contributed by atoms with van der Waals surface area (Å²) in [5, 5.41) is 11.9. The van der Waals surface area contributed by atoms with Gasteiger partial charge in [-0.25, -0.2) is 4.79 Å².